The molecule has 234 valence electrons. The van der Waals surface area contributed by atoms with E-state index in [-0.39, 0.29) is 22.4 Å². The minimum Gasteiger partial charge on any atom is -0.488 e. The van der Waals surface area contributed by atoms with Gasteiger partial charge in [-0.2, -0.15) is 22.8 Å². The van der Waals surface area contributed by atoms with Gasteiger partial charge in [0.05, 0.1) is 12.2 Å². The first kappa shape index (κ1) is 32.9. The number of alkyl halides is 4. The van der Waals surface area contributed by atoms with Gasteiger partial charge in [-0.05, 0) is 67.4 Å². The Labute approximate surface area is 253 Å². The number of nitrogens with zero attached hydrogens (tertiary/aromatic N) is 1. The van der Waals surface area contributed by atoms with E-state index < -0.39 is 64.8 Å². The summed E-state index contributed by atoms with van der Waals surface area (Å²) in [4.78, 5) is 13.8. The molecular weight excluding hydrogens is 605 g/mol. The molecule has 4 aromatic rings. The van der Waals surface area contributed by atoms with Gasteiger partial charge in [0.15, 0.2) is 11.6 Å². The largest absolute Gasteiger partial charge is 0.488 e. The van der Waals surface area contributed by atoms with Gasteiger partial charge in [0.25, 0.3) is 5.91 Å². The zero-order valence-corrected chi connectivity index (χ0v) is 23.7. The van der Waals surface area contributed by atoms with Crippen molar-refractivity contribution in [2.24, 2.45) is 0 Å². The SMILES string of the molecule is CC(C)Oc1cc([C@@](NC(=O)c2ccccc2)(c2cc(F)cc(OC(F)(F)C(F)F)c2)[C@H](C#N)c2ccccc2F)ccc1F. The van der Waals surface area contributed by atoms with Crippen molar-refractivity contribution < 1.29 is 45.0 Å². The Morgan fingerprint density at radius 1 is 0.844 bits per heavy atom. The minimum atomic E-state index is -5.06. The van der Waals surface area contributed by atoms with E-state index in [0.717, 1.165) is 30.3 Å². The van der Waals surface area contributed by atoms with E-state index in [1.165, 1.54) is 42.5 Å². The predicted molar refractivity (Wildman–Crippen MR) is 150 cm³/mol. The molecule has 0 bridgehead atoms. The lowest BCUT2D eigenvalue weighted by Crippen LogP contribution is -2.51. The summed E-state index contributed by atoms with van der Waals surface area (Å²) in [5.41, 5.74) is -3.38. The molecule has 4 aromatic carbocycles. The van der Waals surface area contributed by atoms with E-state index in [9.17, 15) is 32.0 Å². The molecule has 0 fully saturated rings. The lowest BCUT2D eigenvalue weighted by molar-refractivity contribution is -0.253. The van der Waals surface area contributed by atoms with Crippen LogP contribution in [0.15, 0.2) is 91.0 Å². The van der Waals surface area contributed by atoms with E-state index in [1.807, 2.05) is 6.07 Å². The third-order valence-corrected chi connectivity index (χ3v) is 6.71. The number of nitriles is 1. The standard InChI is InChI=1S/C33H25F7N2O3/c1-19(2)44-29-16-21(12-13-28(29)36)32(42-30(43)20-8-4-3-5-9-20,26(18-41)25-10-6-7-11-27(25)35)22-14-23(34)17-24(15-22)45-33(39,40)31(37)38/h3-17,19,26,31H,1-2H3,(H,42,43)/t26-,32-/m1/s1. The monoisotopic (exact) mass is 630 g/mol. The fourth-order valence-electron chi connectivity index (χ4n) is 4.81. The summed E-state index contributed by atoms with van der Waals surface area (Å²) < 4.78 is 109. The number of halogens is 7. The maximum atomic E-state index is 15.4. The van der Waals surface area contributed by atoms with Gasteiger partial charge in [0.2, 0.25) is 0 Å². The zero-order valence-electron chi connectivity index (χ0n) is 23.7. The van der Waals surface area contributed by atoms with Crippen molar-refractivity contribution in [2.75, 3.05) is 0 Å². The molecule has 0 aliphatic heterocycles. The fourth-order valence-corrected chi connectivity index (χ4v) is 4.81. The third kappa shape index (κ3) is 7.03. The van der Waals surface area contributed by atoms with E-state index in [2.05, 4.69) is 10.1 Å². The van der Waals surface area contributed by atoms with Crippen LogP contribution in [0, 0.1) is 28.8 Å². The molecular formula is C33H25F7N2O3. The summed E-state index contributed by atoms with van der Waals surface area (Å²) in [6.07, 6.45) is -9.94. The highest BCUT2D eigenvalue weighted by Crippen LogP contribution is 2.46. The Morgan fingerprint density at radius 3 is 2.13 bits per heavy atom. The predicted octanol–water partition coefficient (Wildman–Crippen LogP) is 8.11. The van der Waals surface area contributed by atoms with Crippen molar-refractivity contribution in [1.29, 1.82) is 5.26 Å². The molecule has 0 radical (unpaired) electrons. The van der Waals surface area contributed by atoms with Crippen molar-refractivity contribution in [1.82, 2.24) is 5.32 Å². The molecule has 0 spiro atoms. The lowest BCUT2D eigenvalue weighted by Gasteiger charge is -2.40. The average Bonchev–Trinajstić information content (AvgIpc) is 2.98. The number of ether oxygens (including phenoxy) is 2. The van der Waals surface area contributed by atoms with Crippen LogP contribution in [0.4, 0.5) is 30.7 Å². The van der Waals surface area contributed by atoms with Crippen LogP contribution < -0.4 is 14.8 Å². The van der Waals surface area contributed by atoms with Crippen LogP contribution in [0.5, 0.6) is 11.5 Å². The third-order valence-electron chi connectivity index (χ3n) is 6.71. The topological polar surface area (TPSA) is 71.3 Å². The first-order chi connectivity index (χ1) is 21.3. The normalized spacial score (nSPS) is 13.6. The first-order valence-electron chi connectivity index (χ1n) is 13.4. The highest BCUT2D eigenvalue weighted by atomic mass is 19.3. The molecule has 2 atom stereocenters. The van der Waals surface area contributed by atoms with Crippen molar-refractivity contribution in [3.8, 4) is 17.6 Å². The maximum Gasteiger partial charge on any atom is 0.461 e. The fraction of sp³-hybridized carbons (Fsp3) is 0.212. The Bertz CT molecular complexity index is 1710. The van der Waals surface area contributed by atoms with Crippen molar-refractivity contribution >= 4 is 5.91 Å². The Morgan fingerprint density at radius 2 is 1.51 bits per heavy atom. The molecule has 5 nitrogen and oxygen atoms in total. The zero-order chi connectivity index (χ0) is 32.9. The first-order valence-corrected chi connectivity index (χ1v) is 13.4. The summed E-state index contributed by atoms with van der Waals surface area (Å²) in [6.45, 7) is 3.18. The van der Waals surface area contributed by atoms with Gasteiger partial charge in [-0.3, -0.25) is 4.79 Å². The molecule has 12 heteroatoms. The number of benzene rings is 4. The van der Waals surface area contributed by atoms with E-state index in [0.29, 0.717) is 12.1 Å². The average molecular weight is 631 g/mol. The molecule has 0 aromatic heterocycles. The van der Waals surface area contributed by atoms with Gasteiger partial charge in [-0.25, -0.2) is 13.2 Å². The Kier molecular flexibility index (Phi) is 9.71. The number of hydrogen-bond donors (Lipinski definition) is 1. The quantitative estimate of drug-likeness (QED) is 0.170. The molecule has 45 heavy (non-hydrogen) atoms. The van der Waals surface area contributed by atoms with Gasteiger partial charge in [-0.1, -0.05) is 42.5 Å². The van der Waals surface area contributed by atoms with Gasteiger partial charge >= 0.3 is 12.5 Å². The van der Waals surface area contributed by atoms with Crippen molar-refractivity contribution in [3.63, 3.8) is 0 Å². The Balaban J connectivity index is 2.12. The van der Waals surface area contributed by atoms with Crippen LogP contribution >= 0.6 is 0 Å². The van der Waals surface area contributed by atoms with Crippen LogP contribution in [0.3, 0.4) is 0 Å². The second-order valence-corrected chi connectivity index (χ2v) is 10.2. The molecule has 0 saturated carbocycles. The van der Waals surface area contributed by atoms with Crippen LogP contribution in [0.2, 0.25) is 0 Å². The van der Waals surface area contributed by atoms with Crippen LogP contribution in [0.25, 0.3) is 0 Å². The van der Waals surface area contributed by atoms with Gasteiger partial charge < -0.3 is 14.8 Å². The molecule has 0 aliphatic carbocycles. The number of rotatable bonds is 11. The smallest absolute Gasteiger partial charge is 0.461 e. The lowest BCUT2D eigenvalue weighted by atomic mass is 9.70. The molecule has 0 saturated heterocycles. The van der Waals surface area contributed by atoms with Crippen LogP contribution in [-0.4, -0.2) is 24.5 Å². The molecule has 4 rings (SSSR count). The molecule has 0 aliphatic rings. The molecule has 1 amide bonds. The molecule has 0 heterocycles. The van der Waals surface area contributed by atoms with Crippen molar-refractivity contribution in [2.45, 2.75) is 43.9 Å². The second kappa shape index (κ2) is 13.3. The summed E-state index contributed by atoms with van der Waals surface area (Å²) >= 11 is 0. The van der Waals surface area contributed by atoms with Crippen LogP contribution in [-0.2, 0) is 5.54 Å². The van der Waals surface area contributed by atoms with E-state index in [4.69, 9.17) is 4.74 Å². The molecule has 1 N–H and O–H groups in total. The second-order valence-electron chi connectivity index (χ2n) is 10.2. The van der Waals surface area contributed by atoms with Crippen molar-refractivity contribution in [3.05, 3.63) is 131 Å². The van der Waals surface area contributed by atoms with E-state index in [1.54, 1.807) is 19.9 Å². The highest BCUT2D eigenvalue weighted by molar-refractivity contribution is 5.95. The van der Waals surface area contributed by atoms with Gasteiger partial charge in [0, 0.05) is 17.2 Å². The summed E-state index contributed by atoms with van der Waals surface area (Å²) in [5, 5.41) is 13.2. The van der Waals surface area contributed by atoms with E-state index >= 15 is 8.78 Å². The summed E-state index contributed by atoms with van der Waals surface area (Å²) in [7, 11) is 0. The van der Waals surface area contributed by atoms with Crippen LogP contribution in [0.1, 0.15) is 46.8 Å². The minimum absolute atomic E-state index is 0.0185. The summed E-state index contributed by atoms with van der Waals surface area (Å²) in [6, 6.07) is 19.2. The highest BCUT2D eigenvalue weighted by Gasteiger charge is 2.48. The van der Waals surface area contributed by atoms with Gasteiger partial charge in [0.1, 0.15) is 28.8 Å². The number of nitrogens with one attached hydrogen (secondary N) is 1. The number of carbonyl (C=O) groups excluding carboxylic acids is 1. The number of hydrogen-bond acceptors (Lipinski definition) is 4. The summed E-state index contributed by atoms with van der Waals surface area (Å²) in [5.74, 6) is -7.27. The van der Waals surface area contributed by atoms with Gasteiger partial charge in [-0.15, -0.1) is 0 Å². The molecule has 0 unspecified atom stereocenters. The Hall–Kier alpha value is -5.05. The number of amides is 1. The maximum absolute atomic E-state index is 15.4. The number of carbonyl (C=O) groups is 1.